The number of hydrogen-bond donors (Lipinski definition) is 0. The molecule has 0 radical (unpaired) electrons. The van der Waals surface area contributed by atoms with Crippen molar-refractivity contribution in [2.75, 3.05) is 13.1 Å². The molecular weight excluding hydrogens is 262 g/mol. The van der Waals surface area contributed by atoms with Crippen LogP contribution in [-0.4, -0.2) is 51.9 Å². The van der Waals surface area contributed by atoms with Gasteiger partial charge < -0.3 is 4.90 Å². The van der Waals surface area contributed by atoms with Crippen LogP contribution in [0.2, 0.25) is 0 Å². The number of amides is 1. The van der Waals surface area contributed by atoms with Gasteiger partial charge in [-0.1, -0.05) is 6.92 Å². The van der Waals surface area contributed by atoms with Crippen LogP contribution in [0.4, 0.5) is 0 Å². The minimum Gasteiger partial charge on any atom is -0.335 e. The van der Waals surface area contributed by atoms with Crippen LogP contribution in [0.5, 0.6) is 0 Å². The predicted octanol–water partition coefficient (Wildman–Crippen LogP) is 2.34. The standard InChI is InChI=1S/C17H25N3O/c1-4-14-6-5-13(9-18-14)17(21)19-10-15-7-8-16(11-19)20(15)12(2)3/h5-6,9,12,15-16H,4,7-8,10-11H2,1-3H3. The van der Waals surface area contributed by atoms with Gasteiger partial charge in [0.25, 0.3) is 5.91 Å². The molecule has 2 unspecified atom stereocenters. The van der Waals surface area contributed by atoms with E-state index in [2.05, 4.69) is 30.7 Å². The van der Waals surface area contributed by atoms with Crippen LogP contribution in [0.1, 0.15) is 49.7 Å². The Kier molecular flexibility index (Phi) is 3.98. The first-order chi connectivity index (χ1) is 10.1. The fourth-order valence-electron chi connectivity index (χ4n) is 3.89. The molecule has 2 bridgehead atoms. The average Bonchev–Trinajstić information content (AvgIpc) is 2.77. The average molecular weight is 287 g/mol. The highest BCUT2D eigenvalue weighted by Gasteiger charge is 2.42. The monoisotopic (exact) mass is 287 g/mol. The summed E-state index contributed by atoms with van der Waals surface area (Å²) < 4.78 is 0. The summed E-state index contributed by atoms with van der Waals surface area (Å²) in [6.45, 7) is 8.32. The van der Waals surface area contributed by atoms with Crippen LogP contribution >= 0.6 is 0 Å². The second-order valence-corrected chi connectivity index (χ2v) is 6.53. The van der Waals surface area contributed by atoms with E-state index in [0.29, 0.717) is 18.1 Å². The summed E-state index contributed by atoms with van der Waals surface area (Å²) in [5, 5.41) is 0. The number of rotatable bonds is 3. The van der Waals surface area contributed by atoms with Gasteiger partial charge in [0.2, 0.25) is 0 Å². The van der Waals surface area contributed by atoms with E-state index in [1.165, 1.54) is 12.8 Å². The highest BCUT2D eigenvalue weighted by molar-refractivity contribution is 5.94. The molecule has 114 valence electrons. The molecule has 21 heavy (non-hydrogen) atoms. The van der Waals surface area contributed by atoms with Crippen molar-refractivity contribution in [3.05, 3.63) is 29.6 Å². The number of aryl methyl sites for hydroxylation is 1. The van der Waals surface area contributed by atoms with Gasteiger partial charge in [0, 0.05) is 43.1 Å². The van der Waals surface area contributed by atoms with Crippen LogP contribution in [-0.2, 0) is 6.42 Å². The third kappa shape index (κ3) is 2.69. The summed E-state index contributed by atoms with van der Waals surface area (Å²) in [4.78, 5) is 21.6. The lowest BCUT2D eigenvalue weighted by Crippen LogP contribution is -2.57. The van der Waals surface area contributed by atoms with Gasteiger partial charge in [-0.05, 0) is 45.2 Å². The smallest absolute Gasteiger partial charge is 0.255 e. The van der Waals surface area contributed by atoms with Gasteiger partial charge in [0.1, 0.15) is 0 Å². The van der Waals surface area contributed by atoms with Crippen LogP contribution in [0.3, 0.4) is 0 Å². The third-order valence-corrected chi connectivity index (χ3v) is 4.86. The molecule has 2 aliphatic rings. The first kappa shape index (κ1) is 14.5. The molecule has 2 saturated heterocycles. The molecule has 2 fully saturated rings. The van der Waals surface area contributed by atoms with E-state index in [-0.39, 0.29) is 5.91 Å². The third-order valence-electron chi connectivity index (χ3n) is 4.86. The van der Waals surface area contributed by atoms with E-state index in [4.69, 9.17) is 0 Å². The predicted molar refractivity (Wildman–Crippen MR) is 83.3 cm³/mol. The zero-order valence-electron chi connectivity index (χ0n) is 13.2. The van der Waals surface area contributed by atoms with Gasteiger partial charge in [0.05, 0.1) is 5.56 Å². The van der Waals surface area contributed by atoms with Crippen molar-refractivity contribution in [3.63, 3.8) is 0 Å². The zero-order chi connectivity index (χ0) is 15.0. The van der Waals surface area contributed by atoms with E-state index in [9.17, 15) is 4.79 Å². The van der Waals surface area contributed by atoms with Gasteiger partial charge in [-0.3, -0.25) is 14.7 Å². The molecule has 2 atom stereocenters. The lowest BCUT2D eigenvalue weighted by atomic mass is 10.1. The maximum atomic E-state index is 12.7. The highest BCUT2D eigenvalue weighted by atomic mass is 16.2. The quantitative estimate of drug-likeness (QED) is 0.856. The molecule has 2 aliphatic heterocycles. The Morgan fingerprint density at radius 2 is 1.95 bits per heavy atom. The summed E-state index contributed by atoms with van der Waals surface area (Å²) in [7, 11) is 0. The summed E-state index contributed by atoms with van der Waals surface area (Å²) in [5.74, 6) is 0.144. The summed E-state index contributed by atoms with van der Waals surface area (Å²) >= 11 is 0. The highest BCUT2D eigenvalue weighted by Crippen LogP contribution is 2.32. The minimum absolute atomic E-state index is 0.144. The SMILES string of the molecule is CCc1ccc(C(=O)N2CC3CCC(C2)N3C(C)C)cn1. The molecule has 0 aromatic carbocycles. The van der Waals surface area contributed by atoms with Crippen molar-refractivity contribution in [1.29, 1.82) is 0 Å². The molecular formula is C17H25N3O. The van der Waals surface area contributed by atoms with E-state index in [1.54, 1.807) is 6.20 Å². The lowest BCUT2D eigenvalue weighted by Gasteiger charge is -2.43. The topological polar surface area (TPSA) is 36.4 Å². The molecule has 0 aliphatic carbocycles. The molecule has 4 heteroatoms. The minimum atomic E-state index is 0.144. The van der Waals surface area contributed by atoms with E-state index >= 15 is 0 Å². The maximum absolute atomic E-state index is 12.7. The van der Waals surface area contributed by atoms with Gasteiger partial charge in [-0.15, -0.1) is 0 Å². The number of nitrogens with zero attached hydrogens (tertiary/aromatic N) is 3. The number of fused-ring (bicyclic) bond motifs is 2. The Morgan fingerprint density at radius 3 is 2.43 bits per heavy atom. The second-order valence-electron chi connectivity index (χ2n) is 6.53. The van der Waals surface area contributed by atoms with Crippen molar-refractivity contribution in [1.82, 2.24) is 14.8 Å². The first-order valence-corrected chi connectivity index (χ1v) is 8.11. The summed E-state index contributed by atoms with van der Waals surface area (Å²) in [6.07, 6.45) is 5.09. The van der Waals surface area contributed by atoms with Crippen LogP contribution in [0.15, 0.2) is 18.3 Å². The van der Waals surface area contributed by atoms with Gasteiger partial charge in [0.15, 0.2) is 0 Å². The van der Waals surface area contributed by atoms with E-state index < -0.39 is 0 Å². The van der Waals surface area contributed by atoms with Gasteiger partial charge in [-0.25, -0.2) is 0 Å². The van der Waals surface area contributed by atoms with E-state index in [0.717, 1.165) is 30.8 Å². The lowest BCUT2D eigenvalue weighted by molar-refractivity contribution is 0.0337. The molecule has 0 saturated carbocycles. The molecule has 1 amide bonds. The molecule has 3 rings (SSSR count). The second kappa shape index (κ2) is 5.76. The molecule has 1 aromatic heterocycles. The Morgan fingerprint density at radius 1 is 1.29 bits per heavy atom. The molecule has 3 heterocycles. The summed E-state index contributed by atoms with van der Waals surface area (Å²) in [6, 6.07) is 5.54. The number of aromatic nitrogens is 1. The van der Waals surface area contributed by atoms with Crippen molar-refractivity contribution >= 4 is 5.91 Å². The number of carbonyl (C=O) groups is 1. The molecule has 0 spiro atoms. The summed E-state index contributed by atoms with van der Waals surface area (Å²) in [5.41, 5.74) is 1.76. The zero-order valence-corrected chi connectivity index (χ0v) is 13.2. The Bertz CT molecular complexity index is 497. The maximum Gasteiger partial charge on any atom is 0.255 e. The number of hydrogen-bond acceptors (Lipinski definition) is 3. The fourth-order valence-corrected chi connectivity index (χ4v) is 3.89. The molecule has 0 N–H and O–H groups in total. The van der Waals surface area contributed by atoms with Crippen molar-refractivity contribution in [3.8, 4) is 0 Å². The fraction of sp³-hybridized carbons (Fsp3) is 0.647. The van der Waals surface area contributed by atoms with Crippen LogP contribution < -0.4 is 0 Å². The Hall–Kier alpha value is -1.42. The van der Waals surface area contributed by atoms with Crippen molar-refractivity contribution in [2.45, 2.75) is 58.2 Å². The van der Waals surface area contributed by atoms with Gasteiger partial charge >= 0.3 is 0 Å². The largest absolute Gasteiger partial charge is 0.335 e. The van der Waals surface area contributed by atoms with E-state index in [1.807, 2.05) is 17.0 Å². The van der Waals surface area contributed by atoms with Crippen LogP contribution in [0, 0.1) is 0 Å². The van der Waals surface area contributed by atoms with Crippen molar-refractivity contribution < 1.29 is 4.79 Å². The Balaban J connectivity index is 1.72. The van der Waals surface area contributed by atoms with Gasteiger partial charge in [-0.2, -0.15) is 0 Å². The van der Waals surface area contributed by atoms with Crippen LogP contribution in [0.25, 0.3) is 0 Å². The normalized spacial score (nSPS) is 25.6. The first-order valence-electron chi connectivity index (χ1n) is 8.11. The molecule has 1 aromatic rings. The van der Waals surface area contributed by atoms with Crippen molar-refractivity contribution in [2.24, 2.45) is 0 Å². The molecule has 4 nitrogen and oxygen atoms in total. The number of piperazine rings is 1. The number of carbonyl (C=O) groups excluding carboxylic acids is 1. The number of likely N-dealkylation sites (tertiary alicyclic amines) is 1. The Labute approximate surface area is 127 Å². The number of pyridine rings is 1.